The summed E-state index contributed by atoms with van der Waals surface area (Å²) in [6, 6.07) is 19.4. The largest absolute Gasteiger partial charge is 0.459 e. The van der Waals surface area contributed by atoms with Crippen LogP contribution < -0.4 is 11.2 Å². The van der Waals surface area contributed by atoms with E-state index < -0.39 is 41.3 Å². The zero-order valence-electron chi connectivity index (χ0n) is 17.6. The average molecular weight is 450 g/mol. The highest BCUT2D eigenvalue weighted by Crippen LogP contribution is 2.46. The number of rotatable bonds is 7. The SMILES string of the molecule is O=C(OC[C@@]12CO[C@@H]([C@H](n3c(=O)cc[nH]c3=O)O1)[C@@H]2OCc1ccccc1)c1ccccc1. The third kappa shape index (κ3) is 4.02. The molecule has 2 saturated heterocycles. The molecule has 0 spiro atoms. The first-order valence-electron chi connectivity index (χ1n) is 10.5. The van der Waals surface area contributed by atoms with Crippen LogP contribution >= 0.6 is 0 Å². The molecule has 0 radical (unpaired) electrons. The van der Waals surface area contributed by atoms with Gasteiger partial charge in [-0.15, -0.1) is 0 Å². The van der Waals surface area contributed by atoms with Crippen molar-refractivity contribution in [1.29, 1.82) is 0 Å². The maximum absolute atomic E-state index is 12.5. The quantitative estimate of drug-likeness (QED) is 0.545. The Hall–Kier alpha value is -3.53. The van der Waals surface area contributed by atoms with Crippen molar-refractivity contribution in [2.45, 2.75) is 30.6 Å². The van der Waals surface area contributed by atoms with Crippen LogP contribution in [-0.2, 0) is 25.6 Å². The van der Waals surface area contributed by atoms with Crippen LogP contribution in [0.5, 0.6) is 0 Å². The Morgan fingerprint density at radius 2 is 1.79 bits per heavy atom. The molecule has 3 aromatic rings. The number of aromatic nitrogens is 2. The third-order valence-corrected chi connectivity index (χ3v) is 5.85. The fourth-order valence-corrected chi connectivity index (χ4v) is 4.23. The zero-order valence-corrected chi connectivity index (χ0v) is 17.6. The molecule has 0 unspecified atom stereocenters. The molecule has 0 aliphatic carbocycles. The number of aromatic amines is 1. The fraction of sp³-hybridized carbons (Fsp3) is 0.292. The van der Waals surface area contributed by atoms with Crippen molar-refractivity contribution in [1.82, 2.24) is 9.55 Å². The van der Waals surface area contributed by atoms with Gasteiger partial charge in [0.1, 0.15) is 18.8 Å². The molecule has 2 fully saturated rings. The highest BCUT2D eigenvalue weighted by atomic mass is 16.7. The molecule has 4 atom stereocenters. The lowest BCUT2D eigenvalue weighted by atomic mass is 10.00. The molecule has 0 saturated carbocycles. The van der Waals surface area contributed by atoms with E-state index in [-0.39, 0.29) is 19.8 Å². The van der Waals surface area contributed by atoms with Gasteiger partial charge in [0.25, 0.3) is 5.56 Å². The number of esters is 1. The monoisotopic (exact) mass is 450 g/mol. The lowest BCUT2D eigenvalue weighted by Crippen LogP contribution is -2.47. The second-order valence-corrected chi connectivity index (χ2v) is 8.00. The van der Waals surface area contributed by atoms with Crippen LogP contribution in [-0.4, -0.2) is 46.5 Å². The van der Waals surface area contributed by atoms with E-state index in [4.69, 9.17) is 18.9 Å². The highest BCUT2D eigenvalue weighted by molar-refractivity contribution is 5.89. The van der Waals surface area contributed by atoms with Gasteiger partial charge in [-0.2, -0.15) is 0 Å². The number of benzene rings is 2. The van der Waals surface area contributed by atoms with Crippen LogP contribution in [0.3, 0.4) is 0 Å². The summed E-state index contributed by atoms with van der Waals surface area (Å²) in [5, 5.41) is 0. The van der Waals surface area contributed by atoms with Gasteiger partial charge in [-0.05, 0) is 17.7 Å². The van der Waals surface area contributed by atoms with Crippen LogP contribution in [0.25, 0.3) is 0 Å². The molecule has 2 aliphatic rings. The summed E-state index contributed by atoms with van der Waals surface area (Å²) in [6.07, 6.45) is -1.15. The molecule has 2 bridgehead atoms. The molecule has 0 amide bonds. The molecule has 5 rings (SSSR count). The molecule has 170 valence electrons. The molecule has 9 nitrogen and oxygen atoms in total. The van der Waals surface area contributed by atoms with Gasteiger partial charge in [-0.3, -0.25) is 4.79 Å². The van der Waals surface area contributed by atoms with E-state index in [1.54, 1.807) is 30.3 Å². The Balaban J connectivity index is 1.42. The van der Waals surface area contributed by atoms with Crippen LogP contribution in [0.1, 0.15) is 22.1 Å². The Kier molecular flexibility index (Phi) is 5.67. The van der Waals surface area contributed by atoms with Crippen molar-refractivity contribution in [3.63, 3.8) is 0 Å². The van der Waals surface area contributed by atoms with E-state index in [1.165, 1.54) is 12.3 Å². The van der Waals surface area contributed by atoms with E-state index in [2.05, 4.69) is 4.98 Å². The average Bonchev–Trinajstić information content (AvgIpc) is 3.34. The highest BCUT2D eigenvalue weighted by Gasteiger charge is 2.64. The van der Waals surface area contributed by atoms with Gasteiger partial charge in [0.05, 0.1) is 18.8 Å². The number of nitrogens with one attached hydrogen (secondary N) is 1. The van der Waals surface area contributed by atoms with Gasteiger partial charge in [0, 0.05) is 12.3 Å². The number of carbonyl (C=O) groups is 1. The van der Waals surface area contributed by atoms with E-state index in [9.17, 15) is 14.4 Å². The van der Waals surface area contributed by atoms with Crippen LogP contribution in [0, 0.1) is 0 Å². The minimum absolute atomic E-state index is 0.0924. The van der Waals surface area contributed by atoms with E-state index in [1.807, 2.05) is 30.3 Å². The number of fused-ring (bicyclic) bond motifs is 2. The molecule has 9 heteroatoms. The molecule has 1 aromatic heterocycles. The Labute approximate surface area is 188 Å². The van der Waals surface area contributed by atoms with Gasteiger partial charge in [0.15, 0.2) is 11.8 Å². The smallest absolute Gasteiger partial charge is 0.338 e. The molecule has 3 heterocycles. The van der Waals surface area contributed by atoms with E-state index >= 15 is 0 Å². The molecular formula is C24H22N2O7. The first-order chi connectivity index (χ1) is 16.1. The fourth-order valence-electron chi connectivity index (χ4n) is 4.23. The third-order valence-electron chi connectivity index (χ3n) is 5.85. The van der Waals surface area contributed by atoms with Crippen molar-refractivity contribution in [3.8, 4) is 0 Å². The lowest BCUT2D eigenvalue weighted by molar-refractivity contribution is -0.190. The second kappa shape index (κ2) is 8.78. The zero-order chi connectivity index (χ0) is 22.8. The molecule has 1 N–H and O–H groups in total. The predicted octanol–water partition coefficient (Wildman–Crippen LogP) is 1.65. The van der Waals surface area contributed by atoms with E-state index in [0.717, 1.165) is 10.1 Å². The summed E-state index contributed by atoms with van der Waals surface area (Å²) < 4.78 is 24.8. The summed E-state index contributed by atoms with van der Waals surface area (Å²) in [5.41, 5.74) is -0.987. The summed E-state index contributed by atoms with van der Waals surface area (Å²) in [6.45, 7) is 0.192. The van der Waals surface area contributed by atoms with Crippen LogP contribution in [0.2, 0.25) is 0 Å². The number of hydrogen-bond donors (Lipinski definition) is 1. The maximum atomic E-state index is 12.5. The topological polar surface area (TPSA) is 109 Å². The normalized spacial score (nSPS) is 25.8. The molecule has 2 aromatic carbocycles. The minimum atomic E-state index is -1.17. The van der Waals surface area contributed by atoms with Gasteiger partial charge in [0.2, 0.25) is 0 Å². The number of hydrogen-bond acceptors (Lipinski definition) is 7. The molecule has 33 heavy (non-hydrogen) atoms. The molecule has 2 aliphatic heterocycles. The first-order valence-corrected chi connectivity index (χ1v) is 10.5. The van der Waals surface area contributed by atoms with Crippen molar-refractivity contribution >= 4 is 5.97 Å². The van der Waals surface area contributed by atoms with Crippen LogP contribution in [0.4, 0.5) is 0 Å². The summed E-state index contributed by atoms with van der Waals surface area (Å²) in [7, 11) is 0. The van der Waals surface area contributed by atoms with Crippen molar-refractivity contribution < 1.29 is 23.7 Å². The number of H-pyrrole nitrogens is 1. The summed E-state index contributed by atoms with van der Waals surface area (Å²) >= 11 is 0. The molecular weight excluding hydrogens is 428 g/mol. The number of nitrogens with zero attached hydrogens (tertiary/aromatic N) is 1. The summed E-state index contributed by atoms with van der Waals surface area (Å²) in [4.78, 5) is 39.8. The number of ether oxygens (including phenoxy) is 4. The van der Waals surface area contributed by atoms with Gasteiger partial charge < -0.3 is 23.9 Å². The lowest BCUT2D eigenvalue weighted by Gasteiger charge is -2.31. The van der Waals surface area contributed by atoms with Gasteiger partial charge >= 0.3 is 11.7 Å². The standard InChI is InChI=1S/C24H22N2O7/c27-18-11-12-25-23(29)26(18)21-19-20(30-13-16-7-3-1-4-8-16)24(33-21,14-31-19)15-32-22(28)17-9-5-2-6-10-17/h1-12,19-21H,13-15H2,(H,25,29)/t19-,20+,21-,24-/m1/s1. The Morgan fingerprint density at radius 3 is 2.52 bits per heavy atom. The van der Waals surface area contributed by atoms with Gasteiger partial charge in [-0.1, -0.05) is 48.5 Å². The van der Waals surface area contributed by atoms with Crippen LogP contribution in [0.15, 0.2) is 82.5 Å². The Morgan fingerprint density at radius 1 is 1.06 bits per heavy atom. The number of carbonyl (C=O) groups excluding carboxylic acids is 1. The van der Waals surface area contributed by atoms with Crippen molar-refractivity contribution in [3.05, 3.63) is 105 Å². The minimum Gasteiger partial charge on any atom is -0.459 e. The van der Waals surface area contributed by atoms with Crippen molar-refractivity contribution in [2.75, 3.05) is 13.2 Å². The second-order valence-electron chi connectivity index (χ2n) is 8.00. The Bertz CT molecular complexity index is 1210. The van der Waals surface area contributed by atoms with Crippen molar-refractivity contribution in [2.24, 2.45) is 0 Å². The maximum Gasteiger partial charge on any atom is 0.338 e. The first kappa shape index (κ1) is 21.3. The summed E-state index contributed by atoms with van der Waals surface area (Å²) in [5.74, 6) is -0.517. The predicted molar refractivity (Wildman–Crippen MR) is 116 cm³/mol. The van der Waals surface area contributed by atoms with Gasteiger partial charge in [-0.25, -0.2) is 14.2 Å². The van der Waals surface area contributed by atoms with E-state index in [0.29, 0.717) is 5.56 Å².